The maximum absolute atomic E-state index is 14.1. The highest BCUT2D eigenvalue weighted by Gasteiger charge is 2.18. The van der Waals surface area contributed by atoms with Crippen LogP contribution in [0, 0.1) is 5.82 Å². The van der Waals surface area contributed by atoms with Crippen molar-refractivity contribution < 1.29 is 18.3 Å². The Morgan fingerprint density at radius 3 is 2.52 bits per heavy atom. The number of oxazole rings is 1. The molecule has 0 aliphatic heterocycles. The average Bonchev–Trinajstić information content (AvgIpc) is 3.29. The van der Waals surface area contributed by atoms with E-state index in [2.05, 4.69) is 10.3 Å². The lowest BCUT2D eigenvalue weighted by Gasteiger charge is -2.10. The number of aromatic nitrogens is 1. The number of halogens is 1. The van der Waals surface area contributed by atoms with Crippen molar-refractivity contribution in [3.63, 3.8) is 0 Å². The highest BCUT2D eigenvalue weighted by atomic mass is 19.1. The Morgan fingerprint density at radius 1 is 1.00 bits per heavy atom. The van der Waals surface area contributed by atoms with Crippen LogP contribution in [0.1, 0.15) is 15.9 Å². The highest BCUT2D eigenvalue weighted by Crippen LogP contribution is 2.29. The fourth-order valence-corrected chi connectivity index (χ4v) is 3.37. The molecule has 0 aliphatic rings. The first-order valence-corrected chi connectivity index (χ1v) is 9.87. The average molecular weight is 416 g/mol. The monoisotopic (exact) mass is 416 g/mol. The molecule has 0 bridgehead atoms. The van der Waals surface area contributed by atoms with Crippen molar-refractivity contribution >= 4 is 5.91 Å². The number of methoxy groups -OCH3 is 1. The topological polar surface area (TPSA) is 64.4 Å². The van der Waals surface area contributed by atoms with Crippen LogP contribution in [-0.4, -0.2) is 24.5 Å². The molecule has 4 aromatic rings. The van der Waals surface area contributed by atoms with Gasteiger partial charge in [-0.2, -0.15) is 0 Å². The summed E-state index contributed by atoms with van der Waals surface area (Å²) in [6.07, 6.45) is 2.10. The van der Waals surface area contributed by atoms with Crippen molar-refractivity contribution in [3.05, 3.63) is 95.9 Å². The first kappa shape index (κ1) is 20.3. The van der Waals surface area contributed by atoms with E-state index in [4.69, 9.17) is 9.15 Å². The Kier molecular flexibility index (Phi) is 6.08. The number of benzene rings is 3. The number of carbonyl (C=O) groups is 1. The molecule has 0 atom stereocenters. The SMILES string of the molecule is COc1ccccc1CCNC(=O)c1ccccc1-c1ncc(-c2ccccc2F)o1. The first-order chi connectivity index (χ1) is 15.2. The van der Waals surface area contributed by atoms with Crippen molar-refractivity contribution in [3.8, 4) is 28.5 Å². The van der Waals surface area contributed by atoms with Crippen LogP contribution >= 0.6 is 0 Å². The van der Waals surface area contributed by atoms with Gasteiger partial charge in [0.1, 0.15) is 11.6 Å². The molecule has 0 spiro atoms. The Bertz CT molecular complexity index is 1200. The van der Waals surface area contributed by atoms with Crippen molar-refractivity contribution in [2.24, 2.45) is 0 Å². The van der Waals surface area contributed by atoms with Gasteiger partial charge in [0.2, 0.25) is 5.89 Å². The number of nitrogens with zero attached hydrogens (tertiary/aromatic N) is 1. The predicted octanol–water partition coefficient (Wildman–Crippen LogP) is 5.13. The van der Waals surface area contributed by atoms with Crippen LogP contribution in [0.15, 0.2) is 83.4 Å². The summed E-state index contributed by atoms with van der Waals surface area (Å²) in [5.41, 5.74) is 2.31. The lowest BCUT2D eigenvalue weighted by molar-refractivity contribution is 0.0954. The number of nitrogens with one attached hydrogen (secondary N) is 1. The van der Waals surface area contributed by atoms with Gasteiger partial charge in [-0.05, 0) is 42.3 Å². The molecule has 0 saturated heterocycles. The number of ether oxygens (including phenoxy) is 1. The number of para-hydroxylation sites is 1. The van der Waals surface area contributed by atoms with Crippen molar-refractivity contribution in [2.75, 3.05) is 13.7 Å². The van der Waals surface area contributed by atoms with E-state index in [9.17, 15) is 9.18 Å². The van der Waals surface area contributed by atoms with Crippen LogP contribution in [0.2, 0.25) is 0 Å². The van der Waals surface area contributed by atoms with Crippen molar-refractivity contribution in [1.29, 1.82) is 0 Å². The molecule has 3 aromatic carbocycles. The Hall–Kier alpha value is -3.93. The molecule has 0 unspecified atom stereocenters. The van der Waals surface area contributed by atoms with Gasteiger partial charge in [0.15, 0.2) is 5.76 Å². The molecule has 4 rings (SSSR count). The predicted molar refractivity (Wildman–Crippen MR) is 116 cm³/mol. The molecule has 0 aliphatic carbocycles. The minimum Gasteiger partial charge on any atom is -0.496 e. The normalized spacial score (nSPS) is 10.6. The van der Waals surface area contributed by atoms with E-state index in [1.165, 1.54) is 12.3 Å². The molecule has 1 N–H and O–H groups in total. The van der Waals surface area contributed by atoms with Gasteiger partial charge >= 0.3 is 0 Å². The zero-order chi connectivity index (χ0) is 21.6. The number of rotatable bonds is 7. The number of amides is 1. The Labute approximate surface area is 179 Å². The van der Waals surface area contributed by atoms with E-state index in [1.54, 1.807) is 49.6 Å². The Morgan fingerprint density at radius 2 is 1.71 bits per heavy atom. The molecule has 5 nitrogen and oxygen atoms in total. The zero-order valence-electron chi connectivity index (χ0n) is 17.0. The first-order valence-electron chi connectivity index (χ1n) is 9.87. The molecule has 1 amide bonds. The third kappa shape index (κ3) is 4.48. The quantitative estimate of drug-likeness (QED) is 0.454. The molecular formula is C25H21FN2O3. The van der Waals surface area contributed by atoms with E-state index < -0.39 is 5.82 Å². The van der Waals surface area contributed by atoms with Crippen molar-refractivity contribution in [2.45, 2.75) is 6.42 Å². The van der Waals surface area contributed by atoms with E-state index >= 15 is 0 Å². The maximum Gasteiger partial charge on any atom is 0.252 e. The summed E-state index contributed by atoms with van der Waals surface area (Å²) in [6.45, 7) is 0.444. The van der Waals surface area contributed by atoms with Crippen LogP contribution in [0.5, 0.6) is 5.75 Å². The molecule has 1 heterocycles. The lowest BCUT2D eigenvalue weighted by atomic mass is 10.1. The van der Waals surface area contributed by atoms with Gasteiger partial charge in [-0.3, -0.25) is 4.79 Å². The number of carbonyl (C=O) groups excluding carboxylic acids is 1. The molecule has 0 saturated carbocycles. The highest BCUT2D eigenvalue weighted by molar-refractivity contribution is 6.00. The van der Waals surface area contributed by atoms with Gasteiger partial charge in [0.25, 0.3) is 5.91 Å². The summed E-state index contributed by atoms with van der Waals surface area (Å²) in [5, 5.41) is 2.93. The minimum absolute atomic E-state index is 0.240. The lowest BCUT2D eigenvalue weighted by Crippen LogP contribution is -2.26. The second-order valence-electron chi connectivity index (χ2n) is 6.87. The van der Waals surface area contributed by atoms with Crippen molar-refractivity contribution in [1.82, 2.24) is 10.3 Å². The maximum atomic E-state index is 14.1. The van der Waals surface area contributed by atoms with Crippen LogP contribution in [0.4, 0.5) is 4.39 Å². The van der Waals surface area contributed by atoms with Gasteiger partial charge in [-0.1, -0.05) is 42.5 Å². The summed E-state index contributed by atoms with van der Waals surface area (Å²) in [4.78, 5) is 17.1. The molecule has 0 radical (unpaired) electrons. The van der Waals surface area contributed by atoms with Gasteiger partial charge in [0.05, 0.1) is 24.4 Å². The smallest absolute Gasteiger partial charge is 0.252 e. The fourth-order valence-electron chi connectivity index (χ4n) is 3.37. The van der Waals surface area contributed by atoms with Gasteiger partial charge in [-0.15, -0.1) is 0 Å². The van der Waals surface area contributed by atoms with E-state index in [1.807, 2.05) is 24.3 Å². The standard InChI is InChI=1S/C25H21FN2O3/c1-30-22-13-7-2-8-17(22)14-15-27-24(29)18-9-3-4-10-19(18)25-28-16-23(31-25)20-11-5-6-12-21(20)26/h2-13,16H,14-15H2,1H3,(H,27,29). The van der Waals surface area contributed by atoms with Gasteiger partial charge in [0, 0.05) is 12.1 Å². The number of hydrogen-bond acceptors (Lipinski definition) is 4. The van der Waals surface area contributed by atoms with Crippen LogP contribution in [-0.2, 0) is 6.42 Å². The largest absolute Gasteiger partial charge is 0.496 e. The fraction of sp³-hybridized carbons (Fsp3) is 0.120. The van der Waals surface area contributed by atoms with Crippen LogP contribution in [0.25, 0.3) is 22.8 Å². The second-order valence-corrected chi connectivity index (χ2v) is 6.87. The van der Waals surface area contributed by atoms with E-state index in [-0.39, 0.29) is 11.8 Å². The molecule has 1 aromatic heterocycles. The molecule has 0 fully saturated rings. The molecule has 6 heteroatoms. The van der Waals surface area contributed by atoms with E-state index in [0.717, 1.165) is 11.3 Å². The zero-order valence-corrected chi connectivity index (χ0v) is 17.0. The van der Waals surface area contributed by atoms with Gasteiger partial charge in [-0.25, -0.2) is 9.37 Å². The third-order valence-corrected chi connectivity index (χ3v) is 4.92. The molecule has 31 heavy (non-hydrogen) atoms. The number of hydrogen-bond donors (Lipinski definition) is 1. The van der Waals surface area contributed by atoms with E-state index in [0.29, 0.717) is 35.4 Å². The Balaban J connectivity index is 1.51. The summed E-state index contributed by atoms with van der Waals surface area (Å²) < 4.78 is 25.2. The molecular weight excluding hydrogens is 395 g/mol. The third-order valence-electron chi connectivity index (χ3n) is 4.92. The van der Waals surface area contributed by atoms with Crippen LogP contribution < -0.4 is 10.1 Å². The summed E-state index contributed by atoms with van der Waals surface area (Å²) in [5.74, 6) is 0.717. The summed E-state index contributed by atoms with van der Waals surface area (Å²) in [6, 6.07) is 21.1. The second kappa shape index (κ2) is 9.26. The minimum atomic E-state index is -0.396. The molecule has 156 valence electrons. The summed E-state index contributed by atoms with van der Waals surface area (Å²) >= 11 is 0. The summed E-state index contributed by atoms with van der Waals surface area (Å²) in [7, 11) is 1.62. The van der Waals surface area contributed by atoms with Crippen LogP contribution in [0.3, 0.4) is 0 Å². The van der Waals surface area contributed by atoms with Gasteiger partial charge < -0.3 is 14.5 Å².